The summed E-state index contributed by atoms with van der Waals surface area (Å²) < 4.78 is -1.04. The van der Waals surface area contributed by atoms with Gasteiger partial charge in [-0.15, -0.1) is 0 Å². The van der Waals surface area contributed by atoms with Gasteiger partial charge in [0.25, 0.3) is 4.27 Å². The van der Waals surface area contributed by atoms with Gasteiger partial charge in [-0.25, -0.2) is 0 Å². The third kappa shape index (κ3) is 3.24. The van der Waals surface area contributed by atoms with Gasteiger partial charge in [0, 0.05) is 11.1 Å². The van der Waals surface area contributed by atoms with Crippen LogP contribution in [0, 0.1) is 13.8 Å². The first-order valence-corrected chi connectivity index (χ1v) is 12.7. The minimum Gasteiger partial charge on any atom is -0.360 e. The molecule has 2 heterocycles. The summed E-state index contributed by atoms with van der Waals surface area (Å²) in [7, 11) is 0. The molecular formula is C29H23NOS2. The predicted octanol–water partition coefficient (Wildman–Crippen LogP) is 7.58. The van der Waals surface area contributed by atoms with E-state index in [1.807, 2.05) is 30.0 Å². The topological polar surface area (TPSA) is 21.6 Å². The lowest BCUT2D eigenvalue weighted by molar-refractivity contribution is 0.106. The van der Waals surface area contributed by atoms with E-state index in [0.717, 1.165) is 10.6 Å². The van der Waals surface area contributed by atoms with E-state index in [0.29, 0.717) is 0 Å². The molecule has 0 aliphatic carbocycles. The predicted molar refractivity (Wildman–Crippen MR) is 140 cm³/mol. The molecule has 33 heavy (non-hydrogen) atoms. The average molecular weight is 466 g/mol. The zero-order valence-corrected chi connectivity index (χ0v) is 20.1. The monoisotopic (exact) mass is 465 g/mol. The summed E-state index contributed by atoms with van der Waals surface area (Å²) in [6.45, 7) is 4.32. The van der Waals surface area contributed by atoms with Gasteiger partial charge in [0.1, 0.15) is 5.04 Å². The zero-order valence-electron chi connectivity index (χ0n) is 18.5. The molecule has 4 aromatic carbocycles. The molecule has 0 unspecified atom stereocenters. The van der Waals surface area contributed by atoms with Crippen LogP contribution in [0.25, 0.3) is 0 Å². The highest BCUT2D eigenvalue weighted by molar-refractivity contribution is 8.26. The van der Waals surface area contributed by atoms with Gasteiger partial charge in [-0.1, -0.05) is 131 Å². The number of thioether (sulfide) groups is 2. The summed E-state index contributed by atoms with van der Waals surface area (Å²) in [5, 5.41) is 5.51. The summed E-state index contributed by atoms with van der Waals surface area (Å²) >= 11 is 3.55. The van der Waals surface area contributed by atoms with E-state index in [1.54, 1.807) is 11.8 Å². The molecule has 162 valence electrons. The van der Waals surface area contributed by atoms with Gasteiger partial charge in [-0.05, 0) is 42.3 Å². The van der Waals surface area contributed by atoms with Crippen LogP contribution in [0.1, 0.15) is 38.9 Å². The molecule has 0 aromatic heterocycles. The van der Waals surface area contributed by atoms with Crippen LogP contribution in [0.15, 0.2) is 108 Å². The van der Waals surface area contributed by atoms with Gasteiger partial charge in [0.15, 0.2) is 0 Å². The molecule has 0 radical (unpaired) electrons. The first-order chi connectivity index (χ1) is 16.1. The van der Waals surface area contributed by atoms with Crippen LogP contribution in [0.2, 0.25) is 0 Å². The molecule has 0 saturated carbocycles. The van der Waals surface area contributed by atoms with Crippen LogP contribution in [0.5, 0.6) is 0 Å². The first-order valence-electron chi connectivity index (χ1n) is 11.1. The van der Waals surface area contributed by atoms with Crippen molar-refractivity contribution in [3.63, 3.8) is 0 Å². The molecule has 0 N–H and O–H groups in total. The summed E-state index contributed by atoms with van der Waals surface area (Å²) in [4.78, 5) is 6.37. The van der Waals surface area contributed by atoms with Crippen LogP contribution in [-0.2, 0) is 13.8 Å². The highest BCUT2D eigenvalue weighted by Gasteiger charge is 2.60. The molecule has 4 aromatic rings. The second-order valence-electron chi connectivity index (χ2n) is 8.58. The van der Waals surface area contributed by atoms with Crippen molar-refractivity contribution in [2.75, 3.05) is 0 Å². The standard InChI is InChI=1S/C29H23NOS2/c1-20-10-8-14-23(18-20)28(24-15-9-11-21(2)19-24)25-16-6-7-17-26(25)29(33-28)31-30-27(32-29)22-12-4-3-5-13-22/h3-19H,1-2H3/t29-/m0/s1. The van der Waals surface area contributed by atoms with E-state index in [-0.39, 0.29) is 0 Å². The van der Waals surface area contributed by atoms with Crippen LogP contribution in [-0.4, -0.2) is 5.04 Å². The Morgan fingerprint density at radius 2 is 1.27 bits per heavy atom. The minimum absolute atomic E-state index is 0.400. The lowest BCUT2D eigenvalue weighted by Crippen LogP contribution is -2.24. The number of hydrogen-bond donors (Lipinski definition) is 0. The summed E-state index contributed by atoms with van der Waals surface area (Å²) in [5.41, 5.74) is 8.56. The molecule has 4 heteroatoms. The molecule has 2 aliphatic rings. The van der Waals surface area contributed by atoms with Gasteiger partial charge in [-0.3, -0.25) is 0 Å². The quantitative estimate of drug-likeness (QED) is 0.311. The molecule has 0 bridgehead atoms. The molecule has 6 rings (SSSR count). The number of rotatable bonds is 3. The van der Waals surface area contributed by atoms with Crippen LogP contribution < -0.4 is 0 Å². The van der Waals surface area contributed by atoms with Crippen molar-refractivity contribution in [1.82, 2.24) is 0 Å². The zero-order chi connectivity index (χ0) is 22.5. The fourth-order valence-electron chi connectivity index (χ4n) is 4.79. The normalized spacial score (nSPS) is 20.4. The van der Waals surface area contributed by atoms with Crippen molar-refractivity contribution >= 4 is 28.6 Å². The first kappa shape index (κ1) is 20.6. The van der Waals surface area contributed by atoms with Crippen molar-refractivity contribution < 1.29 is 4.84 Å². The maximum Gasteiger partial charge on any atom is 0.262 e. The molecule has 0 amide bonds. The lowest BCUT2D eigenvalue weighted by atomic mass is 9.81. The summed E-state index contributed by atoms with van der Waals surface area (Å²) in [6, 6.07) is 36.7. The smallest absolute Gasteiger partial charge is 0.262 e. The fraction of sp³-hybridized carbons (Fsp3) is 0.138. The van der Waals surface area contributed by atoms with Gasteiger partial charge in [0.05, 0.1) is 4.75 Å². The Hall–Kier alpha value is -2.95. The third-order valence-corrected chi connectivity index (χ3v) is 9.40. The van der Waals surface area contributed by atoms with Crippen molar-refractivity contribution in [3.05, 3.63) is 142 Å². The Labute approximate surface area is 203 Å². The Balaban J connectivity index is 1.57. The van der Waals surface area contributed by atoms with E-state index in [9.17, 15) is 0 Å². The molecule has 0 saturated heterocycles. The molecule has 0 fully saturated rings. The molecular weight excluding hydrogens is 442 g/mol. The fourth-order valence-corrected chi connectivity index (χ4v) is 8.06. The largest absolute Gasteiger partial charge is 0.360 e. The van der Waals surface area contributed by atoms with Gasteiger partial charge < -0.3 is 4.84 Å². The van der Waals surface area contributed by atoms with E-state index in [2.05, 4.69) is 104 Å². The van der Waals surface area contributed by atoms with Crippen LogP contribution >= 0.6 is 23.5 Å². The van der Waals surface area contributed by atoms with Crippen molar-refractivity contribution in [2.45, 2.75) is 22.9 Å². The Morgan fingerprint density at radius 1 is 0.667 bits per heavy atom. The SMILES string of the molecule is Cc1cccc(C2(c3cccc(C)c3)S[C@]3(ON=C(c4ccccc4)S3)c3ccccc32)c1. The maximum absolute atomic E-state index is 6.37. The summed E-state index contributed by atoms with van der Waals surface area (Å²) in [6.07, 6.45) is 0. The van der Waals surface area contributed by atoms with E-state index in [1.165, 1.54) is 33.4 Å². The number of oxime groups is 1. The maximum atomic E-state index is 6.37. The Kier molecular flexibility index (Phi) is 4.89. The van der Waals surface area contributed by atoms with Gasteiger partial charge >= 0.3 is 0 Å². The van der Waals surface area contributed by atoms with E-state index in [4.69, 9.17) is 4.84 Å². The highest BCUT2D eigenvalue weighted by Crippen LogP contribution is 2.69. The Morgan fingerprint density at radius 3 is 1.91 bits per heavy atom. The third-order valence-electron chi connectivity index (χ3n) is 6.27. The van der Waals surface area contributed by atoms with Crippen molar-refractivity contribution in [2.24, 2.45) is 5.16 Å². The highest BCUT2D eigenvalue weighted by atomic mass is 32.2. The Bertz CT molecular complexity index is 1340. The van der Waals surface area contributed by atoms with E-state index < -0.39 is 9.01 Å². The summed E-state index contributed by atoms with van der Waals surface area (Å²) in [5.74, 6) is 0. The lowest BCUT2D eigenvalue weighted by Gasteiger charge is -2.33. The number of hydrogen-bond acceptors (Lipinski definition) is 4. The second kappa shape index (κ2) is 7.82. The molecule has 2 aliphatic heterocycles. The molecule has 1 spiro atoms. The minimum atomic E-state index is -0.644. The average Bonchev–Trinajstić information content (AvgIpc) is 3.40. The number of benzene rings is 4. The van der Waals surface area contributed by atoms with E-state index >= 15 is 0 Å². The number of aryl methyl sites for hydroxylation is 2. The molecule has 1 atom stereocenters. The second-order valence-corrected chi connectivity index (χ2v) is 11.4. The number of fused-ring (bicyclic) bond motifs is 2. The van der Waals surface area contributed by atoms with Gasteiger partial charge in [-0.2, -0.15) is 0 Å². The van der Waals surface area contributed by atoms with Crippen molar-refractivity contribution in [3.8, 4) is 0 Å². The number of nitrogens with zero attached hydrogens (tertiary/aromatic N) is 1. The molecule has 2 nitrogen and oxygen atoms in total. The van der Waals surface area contributed by atoms with Gasteiger partial charge in [0.2, 0.25) is 0 Å². The van der Waals surface area contributed by atoms with Crippen LogP contribution in [0.4, 0.5) is 0 Å². The van der Waals surface area contributed by atoms with Crippen molar-refractivity contribution in [1.29, 1.82) is 0 Å². The van der Waals surface area contributed by atoms with Crippen LogP contribution in [0.3, 0.4) is 0 Å².